The van der Waals surface area contributed by atoms with E-state index in [2.05, 4.69) is 5.32 Å². The van der Waals surface area contributed by atoms with Crippen molar-refractivity contribution < 1.29 is 9.90 Å². The van der Waals surface area contributed by atoms with Gasteiger partial charge in [0.1, 0.15) is 0 Å². The second-order valence-corrected chi connectivity index (χ2v) is 4.53. The molecule has 0 spiro atoms. The number of hydrogen-bond donors (Lipinski definition) is 3. The first-order valence-electron chi connectivity index (χ1n) is 5.67. The highest BCUT2D eigenvalue weighted by Crippen LogP contribution is 2.19. The Morgan fingerprint density at radius 2 is 2.05 bits per heavy atom. The van der Waals surface area contributed by atoms with Gasteiger partial charge in [-0.15, -0.1) is 0 Å². The fraction of sp³-hybridized carbons (Fsp3) is 0.0714. The van der Waals surface area contributed by atoms with Gasteiger partial charge in [-0.05, 0) is 35.9 Å². The minimum atomic E-state index is -1.04. The molecule has 5 heteroatoms. The molecule has 4 N–H and O–H groups in total. The van der Waals surface area contributed by atoms with E-state index in [9.17, 15) is 4.79 Å². The molecule has 0 saturated heterocycles. The topological polar surface area (TPSA) is 75.3 Å². The van der Waals surface area contributed by atoms with Crippen LogP contribution in [-0.4, -0.2) is 11.1 Å². The summed E-state index contributed by atoms with van der Waals surface area (Å²) in [5, 5.41) is 12.8. The summed E-state index contributed by atoms with van der Waals surface area (Å²) in [6, 6.07) is 12.3. The Bertz CT molecular complexity index is 614. The molecule has 2 rings (SSSR count). The quantitative estimate of drug-likeness (QED) is 0.750. The summed E-state index contributed by atoms with van der Waals surface area (Å²) >= 11 is 5.89. The molecule has 2 aromatic rings. The van der Waals surface area contributed by atoms with Crippen LogP contribution < -0.4 is 11.1 Å². The number of carboxylic acid groups (broad SMARTS) is 1. The molecule has 0 heterocycles. The highest BCUT2D eigenvalue weighted by atomic mass is 35.5. The molecule has 98 valence electrons. The summed E-state index contributed by atoms with van der Waals surface area (Å²) in [6.07, 6.45) is 0. The first kappa shape index (κ1) is 13.2. The molecule has 0 aromatic heterocycles. The number of nitrogen functional groups attached to an aromatic ring is 1. The van der Waals surface area contributed by atoms with Crippen LogP contribution in [0, 0.1) is 0 Å². The van der Waals surface area contributed by atoms with Crippen LogP contribution in [0.3, 0.4) is 0 Å². The monoisotopic (exact) mass is 276 g/mol. The number of halogens is 1. The van der Waals surface area contributed by atoms with E-state index in [1.54, 1.807) is 18.2 Å². The minimum Gasteiger partial charge on any atom is -0.478 e. The number of rotatable bonds is 4. The predicted octanol–water partition coefficient (Wildman–Crippen LogP) is 3.23. The highest BCUT2D eigenvalue weighted by molar-refractivity contribution is 6.30. The van der Waals surface area contributed by atoms with Crippen LogP contribution in [0.25, 0.3) is 0 Å². The molecule has 0 radical (unpaired) electrons. The number of anilines is 2. The fourth-order valence-electron chi connectivity index (χ4n) is 1.70. The Hall–Kier alpha value is -2.20. The van der Waals surface area contributed by atoms with Crippen LogP contribution in [-0.2, 0) is 6.54 Å². The summed E-state index contributed by atoms with van der Waals surface area (Å²) in [5.74, 6) is -1.04. The predicted molar refractivity (Wildman–Crippen MR) is 76.6 cm³/mol. The zero-order valence-electron chi connectivity index (χ0n) is 10.1. The van der Waals surface area contributed by atoms with Crippen molar-refractivity contribution in [2.24, 2.45) is 0 Å². The average molecular weight is 277 g/mol. The maximum absolute atomic E-state index is 11.0. The van der Waals surface area contributed by atoms with Gasteiger partial charge in [-0.2, -0.15) is 0 Å². The number of aromatic carboxylic acids is 1. The Labute approximate surface area is 115 Å². The Kier molecular flexibility index (Phi) is 3.92. The summed E-state index contributed by atoms with van der Waals surface area (Å²) in [4.78, 5) is 11.0. The summed E-state index contributed by atoms with van der Waals surface area (Å²) in [5.41, 5.74) is 7.65. The van der Waals surface area contributed by atoms with E-state index >= 15 is 0 Å². The molecular weight excluding hydrogens is 264 g/mol. The second kappa shape index (κ2) is 5.63. The van der Waals surface area contributed by atoms with Crippen LogP contribution >= 0.6 is 11.6 Å². The largest absolute Gasteiger partial charge is 0.478 e. The number of nitrogens with two attached hydrogens (primary N) is 1. The lowest BCUT2D eigenvalue weighted by Gasteiger charge is -2.09. The zero-order valence-corrected chi connectivity index (χ0v) is 10.8. The van der Waals surface area contributed by atoms with Gasteiger partial charge in [0.2, 0.25) is 0 Å². The van der Waals surface area contributed by atoms with Crippen molar-refractivity contribution in [2.45, 2.75) is 6.54 Å². The number of benzene rings is 2. The molecule has 0 aliphatic rings. The van der Waals surface area contributed by atoms with Gasteiger partial charge < -0.3 is 16.2 Å². The Balaban J connectivity index is 2.12. The fourth-order valence-corrected chi connectivity index (χ4v) is 1.92. The molecule has 0 fully saturated rings. The molecule has 0 atom stereocenters. The van der Waals surface area contributed by atoms with Gasteiger partial charge >= 0.3 is 5.97 Å². The van der Waals surface area contributed by atoms with Crippen LogP contribution in [0.4, 0.5) is 11.4 Å². The van der Waals surface area contributed by atoms with Crippen molar-refractivity contribution in [2.75, 3.05) is 11.1 Å². The normalized spacial score (nSPS) is 10.2. The molecule has 0 aliphatic heterocycles. The van der Waals surface area contributed by atoms with E-state index in [1.807, 2.05) is 18.2 Å². The number of hydrogen-bond acceptors (Lipinski definition) is 3. The zero-order chi connectivity index (χ0) is 13.8. The average Bonchev–Trinajstić information content (AvgIpc) is 2.37. The van der Waals surface area contributed by atoms with Crippen LogP contribution in [0.15, 0.2) is 42.5 Å². The van der Waals surface area contributed by atoms with Crippen molar-refractivity contribution in [1.82, 2.24) is 0 Å². The Morgan fingerprint density at radius 3 is 2.74 bits per heavy atom. The van der Waals surface area contributed by atoms with E-state index < -0.39 is 5.97 Å². The van der Waals surface area contributed by atoms with Gasteiger partial charge in [0.05, 0.1) is 5.56 Å². The third-order valence-corrected chi connectivity index (χ3v) is 2.90. The van der Waals surface area contributed by atoms with E-state index in [0.717, 1.165) is 5.56 Å². The molecule has 0 amide bonds. The van der Waals surface area contributed by atoms with E-state index in [-0.39, 0.29) is 11.3 Å². The second-order valence-electron chi connectivity index (χ2n) is 4.09. The molecule has 0 unspecified atom stereocenters. The van der Waals surface area contributed by atoms with E-state index in [0.29, 0.717) is 17.3 Å². The van der Waals surface area contributed by atoms with Gasteiger partial charge in [0.15, 0.2) is 0 Å². The summed E-state index contributed by atoms with van der Waals surface area (Å²) < 4.78 is 0. The summed E-state index contributed by atoms with van der Waals surface area (Å²) in [6.45, 7) is 0.559. The standard InChI is InChI=1S/C14H13ClN2O2/c15-10-3-1-2-9(6-10)8-17-11-4-5-13(16)12(7-11)14(18)19/h1-7,17H,8,16H2,(H,18,19). The molecule has 0 aliphatic carbocycles. The summed E-state index contributed by atoms with van der Waals surface area (Å²) in [7, 11) is 0. The lowest BCUT2D eigenvalue weighted by atomic mass is 10.1. The van der Waals surface area contributed by atoms with Crippen molar-refractivity contribution in [3.05, 3.63) is 58.6 Å². The third-order valence-electron chi connectivity index (χ3n) is 2.67. The first-order chi connectivity index (χ1) is 9.06. The lowest BCUT2D eigenvalue weighted by Crippen LogP contribution is -2.05. The lowest BCUT2D eigenvalue weighted by molar-refractivity contribution is 0.0698. The molecule has 0 bridgehead atoms. The van der Waals surface area contributed by atoms with Gasteiger partial charge in [-0.3, -0.25) is 0 Å². The van der Waals surface area contributed by atoms with Gasteiger partial charge in [0, 0.05) is 22.9 Å². The third kappa shape index (κ3) is 3.39. The molecule has 19 heavy (non-hydrogen) atoms. The highest BCUT2D eigenvalue weighted by Gasteiger charge is 2.08. The van der Waals surface area contributed by atoms with Crippen molar-refractivity contribution in [1.29, 1.82) is 0 Å². The molecule has 0 saturated carbocycles. The smallest absolute Gasteiger partial charge is 0.337 e. The Morgan fingerprint density at radius 1 is 1.26 bits per heavy atom. The molecule has 2 aromatic carbocycles. The van der Waals surface area contributed by atoms with Gasteiger partial charge in [-0.25, -0.2) is 4.79 Å². The number of carboxylic acids is 1. The van der Waals surface area contributed by atoms with Crippen molar-refractivity contribution in [3.8, 4) is 0 Å². The van der Waals surface area contributed by atoms with Crippen molar-refractivity contribution >= 4 is 28.9 Å². The first-order valence-corrected chi connectivity index (χ1v) is 6.05. The van der Waals surface area contributed by atoms with Crippen LogP contribution in [0.2, 0.25) is 5.02 Å². The molecular formula is C14H13ClN2O2. The number of nitrogens with one attached hydrogen (secondary N) is 1. The van der Waals surface area contributed by atoms with Crippen LogP contribution in [0.1, 0.15) is 15.9 Å². The van der Waals surface area contributed by atoms with Gasteiger partial charge in [-0.1, -0.05) is 23.7 Å². The van der Waals surface area contributed by atoms with E-state index in [4.69, 9.17) is 22.4 Å². The number of carbonyl (C=O) groups is 1. The van der Waals surface area contributed by atoms with Crippen molar-refractivity contribution in [3.63, 3.8) is 0 Å². The maximum Gasteiger partial charge on any atom is 0.337 e. The van der Waals surface area contributed by atoms with E-state index in [1.165, 1.54) is 6.07 Å². The van der Waals surface area contributed by atoms with Crippen LogP contribution in [0.5, 0.6) is 0 Å². The maximum atomic E-state index is 11.0. The molecule has 4 nitrogen and oxygen atoms in total. The SMILES string of the molecule is Nc1ccc(NCc2cccc(Cl)c2)cc1C(=O)O. The minimum absolute atomic E-state index is 0.0936. The van der Waals surface area contributed by atoms with Gasteiger partial charge in [0.25, 0.3) is 0 Å².